The van der Waals surface area contributed by atoms with Gasteiger partial charge in [-0.25, -0.2) is 0 Å². The van der Waals surface area contributed by atoms with Gasteiger partial charge in [0, 0.05) is 19.3 Å². The van der Waals surface area contributed by atoms with Crippen LogP contribution in [0, 0.1) is 0 Å². The minimum Gasteiger partial charge on any atom is -0.378 e. The number of likely N-dealkylation sites (N-methyl/N-ethyl adjacent to an activating group) is 1. The summed E-state index contributed by atoms with van der Waals surface area (Å²) in [5.74, 6) is 0. The first-order valence-electron chi connectivity index (χ1n) is 8.73. The van der Waals surface area contributed by atoms with Crippen LogP contribution in [0.3, 0.4) is 0 Å². The SMILES string of the molecule is CCOC1(C(CCCC2CCCO2)NC)CCCCC1. The van der Waals surface area contributed by atoms with E-state index in [4.69, 9.17) is 9.47 Å². The normalized spacial score (nSPS) is 27.6. The zero-order chi connectivity index (χ0) is 14.3. The van der Waals surface area contributed by atoms with E-state index in [1.165, 1.54) is 64.2 Å². The van der Waals surface area contributed by atoms with Gasteiger partial charge < -0.3 is 14.8 Å². The molecule has 3 nitrogen and oxygen atoms in total. The molecule has 3 heteroatoms. The molecule has 2 atom stereocenters. The highest BCUT2D eigenvalue weighted by molar-refractivity contribution is 4.95. The Hall–Kier alpha value is -0.120. The number of rotatable bonds is 8. The topological polar surface area (TPSA) is 30.5 Å². The molecule has 2 unspecified atom stereocenters. The van der Waals surface area contributed by atoms with Gasteiger partial charge in [0.25, 0.3) is 0 Å². The van der Waals surface area contributed by atoms with E-state index in [1.54, 1.807) is 0 Å². The second kappa shape index (κ2) is 8.35. The van der Waals surface area contributed by atoms with E-state index in [0.29, 0.717) is 12.1 Å². The van der Waals surface area contributed by atoms with E-state index in [9.17, 15) is 0 Å². The number of ether oxygens (including phenoxy) is 2. The summed E-state index contributed by atoms with van der Waals surface area (Å²) in [4.78, 5) is 0. The molecule has 118 valence electrons. The highest BCUT2D eigenvalue weighted by Gasteiger charge is 2.39. The Balaban J connectivity index is 1.83. The Morgan fingerprint density at radius 2 is 2.05 bits per heavy atom. The van der Waals surface area contributed by atoms with Crippen LogP contribution in [0.25, 0.3) is 0 Å². The molecule has 1 saturated carbocycles. The van der Waals surface area contributed by atoms with Gasteiger partial charge in [0.15, 0.2) is 0 Å². The summed E-state index contributed by atoms with van der Waals surface area (Å²) in [6, 6.07) is 0.504. The lowest BCUT2D eigenvalue weighted by molar-refractivity contribution is -0.0908. The largest absolute Gasteiger partial charge is 0.378 e. The third-order valence-corrected chi connectivity index (χ3v) is 5.16. The summed E-state index contributed by atoms with van der Waals surface area (Å²) in [5.41, 5.74) is 0.0955. The average molecular weight is 283 g/mol. The minimum atomic E-state index is 0.0955. The van der Waals surface area contributed by atoms with E-state index in [-0.39, 0.29) is 5.60 Å². The summed E-state index contributed by atoms with van der Waals surface area (Å²) >= 11 is 0. The van der Waals surface area contributed by atoms with Crippen LogP contribution in [-0.4, -0.2) is 38.0 Å². The Bertz CT molecular complexity index is 252. The van der Waals surface area contributed by atoms with Crippen molar-refractivity contribution >= 4 is 0 Å². The molecule has 2 fully saturated rings. The van der Waals surface area contributed by atoms with Gasteiger partial charge in [-0.05, 0) is 58.9 Å². The summed E-state index contributed by atoms with van der Waals surface area (Å²) in [7, 11) is 2.10. The molecule has 0 aromatic rings. The second-order valence-corrected chi connectivity index (χ2v) is 6.47. The van der Waals surface area contributed by atoms with Crippen molar-refractivity contribution in [2.75, 3.05) is 20.3 Å². The highest BCUT2D eigenvalue weighted by atomic mass is 16.5. The maximum absolute atomic E-state index is 6.25. The minimum absolute atomic E-state index is 0.0955. The molecule has 1 saturated heterocycles. The Morgan fingerprint density at radius 1 is 1.25 bits per heavy atom. The maximum atomic E-state index is 6.25. The zero-order valence-electron chi connectivity index (χ0n) is 13.5. The number of hydrogen-bond acceptors (Lipinski definition) is 3. The van der Waals surface area contributed by atoms with Crippen LogP contribution >= 0.6 is 0 Å². The molecule has 20 heavy (non-hydrogen) atoms. The lowest BCUT2D eigenvalue weighted by atomic mass is 9.77. The lowest BCUT2D eigenvalue weighted by Crippen LogP contribution is -2.52. The van der Waals surface area contributed by atoms with Crippen LogP contribution in [0.2, 0.25) is 0 Å². The van der Waals surface area contributed by atoms with Crippen molar-refractivity contribution in [1.82, 2.24) is 5.32 Å². The van der Waals surface area contributed by atoms with E-state index >= 15 is 0 Å². The third-order valence-electron chi connectivity index (χ3n) is 5.16. The molecule has 1 N–H and O–H groups in total. The molecule has 1 aliphatic carbocycles. The maximum Gasteiger partial charge on any atom is 0.0834 e. The van der Waals surface area contributed by atoms with Crippen LogP contribution in [0.1, 0.15) is 71.1 Å². The van der Waals surface area contributed by atoms with Crippen LogP contribution in [0.4, 0.5) is 0 Å². The predicted molar refractivity (Wildman–Crippen MR) is 83.1 cm³/mol. The van der Waals surface area contributed by atoms with Gasteiger partial charge in [0.1, 0.15) is 0 Å². The molecule has 2 rings (SSSR count). The van der Waals surface area contributed by atoms with Crippen LogP contribution in [0.5, 0.6) is 0 Å². The average Bonchev–Trinajstić information content (AvgIpc) is 2.98. The van der Waals surface area contributed by atoms with Gasteiger partial charge in [0.05, 0.1) is 11.7 Å². The van der Waals surface area contributed by atoms with Crippen molar-refractivity contribution in [3.05, 3.63) is 0 Å². The van der Waals surface area contributed by atoms with E-state index in [2.05, 4.69) is 19.3 Å². The van der Waals surface area contributed by atoms with Crippen LogP contribution in [-0.2, 0) is 9.47 Å². The third kappa shape index (κ3) is 4.19. The van der Waals surface area contributed by atoms with Crippen LogP contribution < -0.4 is 5.32 Å². The molecule has 2 aliphatic rings. The first-order valence-corrected chi connectivity index (χ1v) is 8.73. The van der Waals surface area contributed by atoms with Crippen LogP contribution in [0.15, 0.2) is 0 Å². The highest BCUT2D eigenvalue weighted by Crippen LogP contribution is 2.36. The first kappa shape index (κ1) is 16.3. The zero-order valence-corrected chi connectivity index (χ0v) is 13.5. The van der Waals surface area contributed by atoms with Crippen molar-refractivity contribution < 1.29 is 9.47 Å². The van der Waals surface area contributed by atoms with Gasteiger partial charge in [-0.2, -0.15) is 0 Å². The van der Waals surface area contributed by atoms with Gasteiger partial charge in [-0.3, -0.25) is 0 Å². The molecule has 0 radical (unpaired) electrons. The van der Waals surface area contributed by atoms with E-state index < -0.39 is 0 Å². The van der Waals surface area contributed by atoms with Gasteiger partial charge >= 0.3 is 0 Å². The molecular weight excluding hydrogens is 250 g/mol. The van der Waals surface area contributed by atoms with Crippen molar-refractivity contribution in [1.29, 1.82) is 0 Å². The van der Waals surface area contributed by atoms with Crippen molar-refractivity contribution in [3.63, 3.8) is 0 Å². The molecule has 0 bridgehead atoms. The fourth-order valence-corrected chi connectivity index (χ4v) is 4.12. The summed E-state index contributed by atoms with van der Waals surface area (Å²) in [5, 5.41) is 3.56. The first-order chi connectivity index (χ1) is 9.80. The predicted octanol–water partition coefficient (Wildman–Crippen LogP) is 3.66. The van der Waals surface area contributed by atoms with E-state index in [0.717, 1.165) is 13.2 Å². The summed E-state index contributed by atoms with van der Waals surface area (Å²) < 4.78 is 12.0. The molecule has 0 amide bonds. The Kier molecular flexibility index (Phi) is 6.79. The second-order valence-electron chi connectivity index (χ2n) is 6.47. The number of hydrogen-bond donors (Lipinski definition) is 1. The van der Waals surface area contributed by atoms with Gasteiger partial charge in [0.2, 0.25) is 0 Å². The fourth-order valence-electron chi connectivity index (χ4n) is 4.12. The van der Waals surface area contributed by atoms with E-state index in [1.807, 2.05) is 0 Å². The molecule has 0 aromatic carbocycles. The molecule has 0 aromatic heterocycles. The molecular formula is C17H33NO2. The quantitative estimate of drug-likeness (QED) is 0.737. The molecule has 0 spiro atoms. The smallest absolute Gasteiger partial charge is 0.0834 e. The van der Waals surface area contributed by atoms with Gasteiger partial charge in [-0.1, -0.05) is 19.3 Å². The summed E-state index contributed by atoms with van der Waals surface area (Å²) in [6.07, 6.45) is 13.2. The number of nitrogens with one attached hydrogen (secondary N) is 1. The molecule has 1 aliphatic heterocycles. The fraction of sp³-hybridized carbons (Fsp3) is 1.00. The van der Waals surface area contributed by atoms with Crippen molar-refractivity contribution in [2.45, 2.75) is 88.9 Å². The Labute approximate surface area is 124 Å². The molecule has 1 heterocycles. The standard InChI is InChI=1S/C17H33NO2/c1-3-20-17(12-5-4-6-13-17)16(18-2)11-7-9-15-10-8-14-19-15/h15-16,18H,3-14H2,1-2H3. The Morgan fingerprint density at radius 3 is 2.65 bits per heavy atom. The van der Waals surface area contributed by atoms with Crippen molar-refractivity contribution in [2.24, 2.45) is 0 Å². The van der Waals surface area contributed by atoms with Crippen molar-refractivity contribution in [3.8, 4) is 0 Å². The van der Waals surface area contributed by atoms with Gasteiger partial charge in [-0.15, -0.1) is 0 Å². The summed E-state index contributed by atoms with van der Waals surface area (Å²) in [6.45, 7) is 3.95. The lowest BCUT2D eigenvalue weighted by Gasteiger charge is -2.43. The monoisotopic (exact) mass is 283 g/mol.